The molecule has 1 aliphatic rings. The quantitative estimate of drug-likeness (QED) is 0.484. The molecule has 9 nitrogen and oxygen atoms in total. The van der Waals surface area contributed by atoms with E-state index >= 15 is 0 Å². The highest BCUT2D eigenvalue weighted by Gasteiger charge is 2.31. The highest BCUT2D eigenvalue weighted by atomic mass is 32.2. The monoisotopic (exact) mass is 435 g/mol. The second-order valence-corrected chi connectivity index (χ2v) is 9.57. The summed E-state index contributed by atoms with van der Waals surface area (Å²) in [5.74, 6) is 0.198. The molecular weight excluding hydrogens is 414 g/mol. The summed E-state index contributed by atoms with van der Waals surface area (Å²) in [6, 6.07) is 6.07. The molecule has 0 unspecified atom stereocenters. The van der Waals surface area contributed by atoms with Crippen molar-refractivity contribution in [2.45, 2.75) is 23.8 Å². The molecule has 4 aromatic heterocycles. The van der Waals surface area contributed by atoms with Crippen LogP contribution in [0.25, 0.3) is 22.2 Å². The Balaban J connectivity index is 1.33. The van der Waals surface area contributed by atoms with Gasteiger partial charge in [0.05, 0.1) is 6.33 Å². The second-order valence-electron chi connectivity index (χ2n) is 7.69. The summed E-state index contributed by atoms with van der Waals surface area (Å²) in [5, 5.41) is 1.04. The lowest BCUT2D eigenvalue weighted by atomic mass is 9.94. The number of aromatic nitrogens is 6. The Morgan fingerprint density at radius 3 is 2.48 bits per heavy atom. The standard InChI is InChI=1S/C21H21N7O2S/c1-27-12-20(25-14-27)31(29,30)28-6-4-15(5-7-28)19-3-2-16-8-17(11-24-21(16)26-19)18-9-22-13-23-10-18/h2-3,8-15H,4-7H2,1H3. The van der Waals surface area contributed by atoms with Crippen LogP contribution in [0.3, 0.4) is 0 Å². The number of sulfonamides is 1. The van der Waals surface area contributed by atoms with Crippen LogP contribution in [0, 0.1) is 0 Å². The van der Waals surface area contributed by atoms with E-state index in [-0.39, 0.29) is 10.9 Å². The van der Waals surface area contributed by atoms with Crippen LogP contribution >= 0.6 is 0 Å². The third kappa shape index (κ3) is 3.79. The number of imidazole rings is 1. The molecule has 0 saturated carbocycles. The predicted octanol–water partition coefficient (Wildman–Crippen LogP) is 2.39. The molecule has 158 valence electrons. The van der Waals surface area contributed by atoms with Crippen LogP contribution in [0.15, 0.2) is 60.7 Å². The minimum atomic E-state index is -3.55. The fourth-order valence-electron chi connectivity index (χ4n) is 3.90. The summed E-state index contributed by atoms with van der Waals surface area (Å²) < 4.78 is 28.7. The van der Waals surface area contributed by atoms with Crippen molar-refractivity contribution in [2.24, 2.45) is 7.05 Å². The van der Waals surface area contributed by atoms with E-state index in [0.29, 0.717) is 31.6 Å². The van der Waals surface area contributed by atoms with Crippen molar-refractivity contribution in [3.63, 3.8) is 0 Å². The van der Waals surface area contributed by atoms with E-state index in [1.807, 2.05) is 18.2 Å². The summed E-state index contributed by atoms with van der Waals surface area (Å²) in [6.07, 6.45) is 11.2. The third-order valence-electron chi connectivity index (χ3n) is 5.62. The first kappa shape index (κ1) is 19.7. The van der Waals surface area contributed by atoms with Gasteiger partial charge >= 0.3 is 0 Å². The van der Waals surface area contributed by atoms with Crippen molar-refractivity contribution >= 4 is 21.1 Å². The number of fused-ring (bicyclic) bond motifs is 1. The number of pyridine rings is 2. The largest absolute Gasteiger partial charge is 0.339 e. The fourth-order valence-corrected chi connectivity index (χ4v) is 5.34. The molecule has 10 heteroatoms. The average molecular weight is 436 g/mol. The molecular formula is C21H21N7O2S. The van der Waals surface area contributed by atoms with Crippen LogP contribution in [-0.2, 0) is 17.1 Å². The summed E-state index contributed by atoms with van der Waals surface area (Å²) in [7, 11) is -1.80. The Morgan fingerprint density at radius 2 is 1.77 bits per heavy atom. The van der Waals surface area contributed by atoms with E-state index in [4.69, 9.17) is 4.98 Å². The van der Waals surface area contributed by atoms with Crippen LogP contribution in [0.5, 0.6) is 0 Å². The van der Waals surface area contributed by atoms with Crippen molar-refractivity contribution < 1.29 is 8.42 Å². The van der Waals surface area contributed by atoms with Gasteiger partial charge in [-0.2, -0.15) is 4.31 Å². The van der Waals surface area contributed by atoms with Crippen LogP contribution < -0.4 is 0 Å². The van der Waals surface area contributed by atoms with E-state index in [0.717, 1.165) is 22.2 Å². The van der Waals surface area contributed by atoms with Gasteiger partial charge in [0.25, 0.3) is 10.0 Å². The van der Waals surface area contributed by atoms with E-state index < -0.39 is 10.0 Å². The first-order valence-corrected chi connectivity index (χ1v) is 11.4. The van der Waals surface area contributed by atoms with E-state index in [9.17, 15) is 8.42 Å². The Labute approximate surface area is 179 Å². The average Bonchev–Trinajstić information content (AvgIpc) is 3.26. The summed E-state index contributed by atoms with van der Waals surface area (Å²) in [4.78, 5) is 21.4. The van der Waals surface area contributed by atoms with Gasteiger partial charge < -0.3 is 4.57 Å². The maximum Gasteiger partial charge on any atom is 0.262 e. The van der Waals surface area contributed by atoms with Crippen LogP contribution in [-0.4, -0.2) is 55.3 Å². The maximum atomic E-state index is 12.8. The Morgan fingerprint density at radius 1 is 1.00 bits per heavy atom. The molecule has 1 aliphatic heterocycles. The van der Waals surface area contributed by atoms with Crippen molar-refractivity contribution in [1.82, 2.24) is 33.8 Å². The molecule has 0 atom stereocenters. The highest BCUT2D eigenvalue weighted by Crippen LogP contribution is 2.30. The van der Waals surface area contributed by atoms with Gasteiger partial charge in [-0.3, -0.25) is 0 Å². The molecule has 0 aromatic carbocycles. The summed E-state index contributed by atoms with van der Waals surface area (Å²) in [5.41, 5.74) is 3.48. The molecule has 4 aromatic rings. The molecule has 0 spiro atoms. The van der Waals surface area contributed by atoms with Gasteiger partial charge in [0.1, 0.15) is 6.33 Å². The lowest BCUT2D eigenvalue weighted by Gasteiger charge is -2.30. The summed E-state index contributed by atoms with van der Waals surface area (Å²) in [6.45, 7) is 0.896. The van der Waals surface area contributed by atoms with Crippen molar-refractivity contribution in [3.8, 4) is 11.1 Å². The normalized spacial score (nSPS) is 16.0. The van der Waals surface area contributed by atoms with E-state index in [1.165, 1.54) is 23.2 Å². The van der Waals surface area contributed by atoms with E-state index in [2.05, 4.69) is 19.9 Å². The van der Waals surface area contributed by atoms with Crippen LogP contribution in [0.2, 0.25) is 0 Å². The Bertz CT molecular complexity index is 1330. The lowest BCUT2D eigenvalue weighted by Crippen LogP contribution is -2.38. The first-order valence-electron chi connectivity index (χ1n) is 10.0. The van der Waals surface area contributed by atoms with Crippen molar-refractivity contribution in [1.29, 1.82) is 0 Å². The smallest absolute Gasteiger partial charge is 0.262 e. The fraction of sp³-hybridized carbons (Fsp3) is 0.286. The molecule has 5 rings (SSSR count). The maximum absolute atomic E-state index is 12.8. The number of aryl methyl sites for hydroxylation is 1. The molecule has 1 fully saturated rings. The van der Waals surface area contributed by atoms with Crippen LogP contribution in [0.4, 0.5) is 0 Å². The van der Waals surface area contributed by atoms with Gasteiger partial charge in [-0.05, 0) is 31.0 Å². The minimum Gasteiger partial charge on any atom is -0.339 e. The Hall–Kier alpha value is -3.24. The van der Waals surface area contributed by atoms with Gasteiger partial charge in [0.2, 0.25) is 0 Å². The van der Waals surface area contributed by atoms with Crippen molar-refractivity contribution in [3.05, 3.63) is 61.3 Å². The first-order chi connectivity index (χ1) is 15.0. The molecule has 0 radical (unpaired) electrons. The minimum absolute atomic E-state index is 0.0982. The van der Waals surface area contributed by atoms with Gasteiger partial charge in [-0.15, -0.1) is 0 Å². The van der Waals surface area contributed by atoms with E-state index in [1.54, 1.807) is 30.2 Å². The molecule has 0 N–H and O–H groups in total. The zero-order valence-corrected chi connectivity index (χ0v) is 17.8. The van der Waals surface area contributed by atoms with Gasteiger partial charge in [0, 0.05) is 73.0 Å². The van der Waals surface area contributed by atoms with Crippen molar-refractivity contribution in [2.75, 3.05) is 13.1 Å². The van der Waals surface area contributed by atoms with Gasteiger partial charge in [0.15, 0.2) is 10.7 Å². The predicted molar refractivity (Wildman–Crippen MR) is 115 cm³/mol. The molecule has 0 amide bonds. The molecule has 0 bridgehead atoms. The number of nitrogens with zero attached hydrogens (tertiary/aromatic N) is 7. The Kier molecular flexibility index (Phi) is 4.95. The topological polar surface area (TPSA) is 107 Å². The zero-order valence-electron chi connectivity index (χ0n) is 17.0. The summed E-state index contributed by atoms with van der Waals surface area (Å²) >= 11 is 0. The zero-order chi connectivity index (χ0) is 21.4. The highest BCUT2D eigenvalue weighted by molar-refractivity contribution is 7.89. The molecule has 1 saturated heterocycles. The number of rotatable bonds is 4. The van der Waals surface area contributed by atoms with Gasteiger partial charge in [-0.1, -0.05) is 0 Å². The SMILES string of the molecule is Cn1cnc(S(=O)(=O)N2CCC(c3ccc4cc(-c5cncnc5)cnc4n3)CC2)c1. The lowest BCUT2D eigenvalue weighted by molar-refractivity contribution is 0.316. The molecule has 5 heterocycles. The molecule has 31 heavy (non-hydrogen) atoms. The number of hydrogen-bond donors (Lipinski definition) is 0. The number of hydrogen-bond acceptors (Lipinski definition) is 7. The molecule has 0 aliphatic carbocycles. The third-order valence-corrected chi connectivity index (χ3v) is 7.40. The number of piperidine rings is 1. The van der Waals surface area contributed by atoms with Crippen LogP contribution in [0.1, 0.15) is 24.5 Å². The second kappa shape index (κ2) is 7.78. The van der Waals surface area contributed by atoms with Gasteiger partial charge in [-0.25, -0.2) is 33.3 Å².